The van der Waals surface area contributed by atoms with Crippen molar-refractivity contribution in [2.75, 3.05) is 0 Å². The fourth-order valence-electron chi connectivity index (χ4n) is 1.19. The predicted molar refractivity (Wildman–Crippen MR) is 59.7 cm³/mol. The highest BCUT2D eigenvalue weighted by Gasteiger charge is 2.03. The van der Waals surface area contributed by atoms with E-state index in [4.69, 9.17) is 11.7 Å². The fourth-order valence-corrected chi connectivity index (χ4v) is 2.01. The molecule has 0 fully saturated rings. The molecule has 0 radical (unpaired) electrons. The minimum atomic E-state index is -0.0311. The van der Waals surface area contributed by atoms with Gasteiger partial charge in [0.25, 0.3) is 0 Å². The molecule has 0 bridgehead atoms. The molecule has 0 amide bonds. The second-order valence-corrected chi connectivity index (χ2v) is 3.82. The third-order valence-electron chi connectivity index (χ3n) is 1.96. The summed E-state index contributed by atoms with van der Waals surface area (Å²) < 4.78 is 0. The predicted octanol–water partition coefficient (Wildman–Crippen LogP) is 2.85. The fraction of sp³-hybridized carbons (Fsp3) is 0.0909. The summed E-state index contributed by atoms with van der Waals surface area (Å²) in [5.41, 5.74) is 2.29. The van der Waals surface area contributed by atoms with E-state index in [0.29, 0.717) is 11.4 Å². The van der Waals surface area contributed by atoms with Gasteiger partial charge in [-0.05, 0) is 0 Å². The Morgan fingerprint density at radius 2 is 2.07 bits per heavy atom. The van der Waals surface area contributed by atoms with Crippen molar-refractivity contribution in [2.45, 2.75) is 6.61 Å². The molecule has 2 rings (SSSR count). The quantitative estimate of drug-likeness (QED) is 0.784. The maximum Gasteiger partial charge on any atom is 0.187 e. The number of thiazole rings is 1. The molecule has 2 aromatic rings. The molecule has 0 saturated carbocycles. The zero-order valence-corrected chi connectivity index (χ0v) is 8.66. The summed E-state index contributed by atoms with van der Waals surface area (Å²) in [6.45, 7) is 6.80. The van der Waals surface area contributed by atoms with Crippen LogP contribution < -0.4 is 0 Å². The van der Waals surface area contributed by atoms with Crippen LogP contribution in [0.2, 0.25) is 0 Å². The van der Waals surface area contributed by atoms with Crippen LogP contribution in [0, 0.1) is 6.57 Å². The van der Waals surface area contributed by atoms with Gasteiger partial charge in [-0.3, -0.25) is 0 Å². The second kappa shape index (κ2) is 4.22. The first-order valence-electron chi connectivity index (χ1n) is 4.36. The molecule has 1 aromatic heterocycles. The van der Waals surface area contributed by atoms with Crippen LogP contribution in [0.5, 0.6) is 0 Å². The Labute approximate surface area is 91.5 Å². The van der Waals surface area contributed by atoms with Gasteiger partial charge in [0, 0.05) is 10.9 Å². The van der Waals surface area contributed by atoms with E-state index in [2.05, 4.69) is 9.83 Å². The maximum absolute atomic E-state index is 8.88. The second-order valence-electron chi connectivity index (χ2n) is 2.96. The van der Waals surface area contributed by atoms with Crippen molar-refractivity contribution in [3.8, 4) is 10.6 Å². The Balaban J connectivity index is 2.33. The first-order valence-corrected chi connectivity index (χ1v) is 5.24. The summed E-state index contributed by atoms with van der Waals surface area (Å²) in [6.07, 6.45) is 0. The van der Waals surface area contributed by atoms with Crippen LogP contribution in [-0.2, 0) is 6.61 Å². The van der Waals surface area contributed by atoms with Crippen molar-refractivity contribution in [3.05, 3.63) is 46.8 Å². The summed E-state index contributed by atoms with van der Waals surface area (Å²) in [6, 6.07) is 7.27. The van der Waals surface area contributed by atoms with E-state index in [-0.39, 0.29) is 6.61 Å². The van der Waals surface area contributed by atoms with Gasteiger partial charge in [-0.25, -0.2) is 9.83 Å². The molecule has 3 nitrogen and oxygen atoms in total. The maximum atomic E-state index is 8.88. The van der Waals surface area contributed by atoms with Crippen LogP contribution in [0.25, 0.3) is 15.4 Å². The summed E-state index contributed by atoms with van der Waals surface area (Å²) in [5.74, 6) is 0. The molecule has 1 N–H and O–H groups in total. The van der Waals surface area contributed by atoms with Crippen molar-refractivity contribution in [2.24, 2.45) is 0 Å². The monoisotopic (exact) mass is 216 g/mol. The van der Waals surface area contributed by atoms with Gasteiger partial charge in [0.15, 0.2) is 5.69 Å². The molecule has 0 spiro atoms. The molecule has 74 valence electrons. The lowest BCUT2D eigenvalue weighted by molar-refractivity contribution is 0.278. The van der Waals surface area contributed by atoms with Gasteiger partial charge in [-0.2, -0.15) is 0 Å². The number of hydrogen-bond acceptors (Lipinski definition) is 3. The molecule has 0 unspecified atom stereocenters. The molecule has 15 heavy (non-hydrogen) atoms. The molecule has 1 aromatic carbocycles. The Morgan fingerprint density at radius 3 is 2.60 bits per heavy atom. The Kier molecular flexibility index (Phi) is 2.77. The number of nitrogens with zero attached hydrogens (tertiary/aromatic N) is 2. The first kappa shape index (κ1) is 9.84. The van der Waals surface area contributed by atoms with Crippen LogP contribution in [0.3, 0.4) is 0 Å². The number of aromatic nitrogens is 1. The minimum Gasteiger partial charge on any atom is -0.390 e. The van der Waals surface area contributed by atoms with Crippen LogP contribution in [0.1, 0.15) is 5.69 Å². The Morgan fingerprint density at radius 1 is 1.33 bits per heavy atom. The lowest BCUT2D eigenvalue weighted by Crippen LogP contribution is -1.82. The number of aliphatic hydroxyl groups is 1. The van der Waals surface area contributed by atoms with Crippen molar-refractivity contribution >= 4 is 17.0 Å². The van der Waals surface area contributed by atoms with Gasteiger partial charge >= 0.3 is 0 Å². The highest BCUT2D eigenvalue weighted by molar-refractivity contribution is 7.13. The van der Waals surface area contributed by atoms with E-state index in [1.165, 1.54) is 11.3 Å². The third kappa shape index (κ3) is 2.04. The molecule has 0 saturated heterocycles. The van der Waals surface area contributed by atoms with E-state index in [1.807, 2.05) is 17.5 Å². The largest absolute Gasteiger partial charge is 0.390 e. The topological polar surface area (TPSA) is 37.5 Å². The Hall–Kier alpha value is -1.70. The van der Waals surface area contributed by atoms with Crippen LogP contribution in [0.4, 0.5) is 5.69 Å². The average molecular weight is 216 g/mol. The highest BCUT2D eigenvalue weighted by Crippen LogP contribution is 2.25. The summed E-state index contributed by atoms with van der Waals surface area (Å²) in [4.78, 5) is 7.57. The van der Waals surface area contributed by atoms with E-state index in [1.54, 1.807) is 12.1 Å². The van der Waals surface area contributed by atoms with Crippen LogP contribution >= 0.6 is 11.3 Å². The van der Waals surface area contributed by atoms with Crippen molar-refractivity contribution < 1.29 is 5.11 Å². The van der Waals surface area contributed by atoms with Gasteiger partial charge in [0.05, 0.1) is 18.9 Å². The Bertz CT molecular complexity index is 496. The molecular formula is C11H8N2OS. The lowest BCUT2D eigenvalue weighted by atomic mass is 10.2. The van der Waals surface area contributed by atoms with E-state index in [0.717, 1.165) is 10.6 Å². The standard InChI is InChI=1S/C11H8N2OS/c1-12-9-4-2-8(3-5-9)11-13-10(6-14)7-15-11/h2-5,7,14H,6H2. The molecule has 0 aliphatic rings. The number of rotatable bonds is 2. The molecule has 0 aliphatic heterocycles. The number of aliphatic hydroxyl groups excluding tert-OH is 1. The van der Waals surface area contributed by atoms with Gasteiger partial charge in [0.1, 0.15) is 5.01 Å². The summed E-state index contributed by atoms with van der Waals surface area (Å²) in [5, 5.41) is 11.6. The van der Waals surface area contributed by atoms with Gasteiger partial charge in [-0.15, -0.1) is 11.3 Å². The lowest BCUT2D eigenvalue weighted by Gasteiger charge is -1.95. The smallest absolute Gasteiger partial charge is 0.187 e. The molecule has 1 heterocycles. The summed E-state index contributed by atoms with van der Waals surface area (Å²) in [7, 11) is 0. The van der Waals surface area contributed by atoms with Gasteiger partial charge < -0.3 is 5.11 Å². The van der Waals surface area contributed by atoms with Gasteiger partial charge in [0.2, 0.25) is 0 Å². The van der Waals surface area contributed by atoms with E-state index >= 15 is 0 Å². The van der Waals surface area contributed by atoms with Crippen molar-refractivity contribution in [3.63, 3.8) is 0 Å². The number of hydrogen-bond donors (Lipinski definition) is 1. The molecular weight excluding hydrogens is 208 g/mol. The van der Waals surface area contributed by atoms with Gasteiger partial charge in [-0.1, -0.05) is 24.3 Å². The number of benzene rings is 1. The minimum absolute atomic E-state index is 0.0311. The zero-order chi connectivity index (χ0) is 10.7. The van der Waals surface area contributed by atoms with Crippen molar-refractivity contribution in [1.29, 1.82) is 0 Å². The molecule has 0 aliphatic carbocycles. The average Bonchev–Trinajstić information content (AvgIpc) is 2.78. The highest BCUT2D eigenvalue weighted by atomic mass is 32.1. The molecule has 4 heteroatoms. The van der Waals surface area contributed by atoms with Crippen LogP contribution in [0.15, 0.2) is 29.6 Å². The SMILES string of the molecule is [C-]#[N+]c1ccc(-c2nc(CO)cs2)cc1. The van der Waals surface area contributed by atoms with Crippen molar-refractivity contribution in [1.82, 2.24) is 4.98 Å². The zero-order valence-electron chi connectivity index (χ0n) is 7.84. The summed E-state index contributed by atoms with van der Waals surface area (Å²) >= 11 is 1.49. The third-order valence-corrected chi connectivity index (χ3v) is 2.90. The molecule has 0 atom stereocenters. The van der Waals surface area contributed by atoms with Crippen LogP contribution in [-0.4, -0.2) is 10.1 Å². The normalized spacial score (nSPS) is 9.87. The van der Waals surface area contributed by atoms with E-state index < -0.39 is 0 Å². The first-order chi connectivity index (χ1) is 7.33. The van der Waals surface area contributed by atoms with E-state index in [9.17, 15) is 0 Å².